The first-order valence-electron chi connectivity index (χ1n) is 17.6. The third-order valence-corrected chi connectivity index (χ3v) is 8.39. The summed E-state index contributed by atoms with van der Waals surface area (Å²) in [7, 11) is 0. The minimum absolute atomic E-state index is 0.842. The Bertz CT molecular complexity index is 359. The highest BCUT2D eigenvalue weighted by molar-refractivity contribution is 4.72. The summed E-state index contributed by atoms with van der Waals surface area (Å²) < 4.78 is 0. The van der Waals surface area contributed by atoms with Crippen molar-refractivity contribution in [3.8, 4) is 0 Å². The van der Waals surface area contributed by atoms with Gasteiger partial charge in [-0.15, -0.1) is 0 Å². The van der Waals surface area contributed by atoms with E-state index in [-0.39, 0.29) is 0 Å². The third-order valence-electron chi connectivity index (χ3n) is 8.39. The van der Waals surface area contributed by atoms with Gasteiger partial charge in [0, 0.05) is 0 Å². The summed E-state index contributed by atoms with van der Waals surface area (Å²) in [5, 5.41) is 0. The monoisotopic (exact) mass is 506 g/mol. The SMILES string of the molecule is CCCCCCCCCCCCCCCCCC[CH]C(C)CCCCCCCCCCCCCCC. The molecule has 0 nitrogen and oxygen atoms in total. The van der Waals surface area contributed by atoms with E-state index in [0.29, 0.717) is 0 Å². The van der Waals surface area contributed by atoms with Crippen molar-refractivity contribution in [2.24, 2.45) is 5.92 Å². The molecular weight excluding hydrogens is 432 g/mol. The van der Waals surface area contributed by atoms with E-state index < -0.39 is 0 Å². The van der Waals surface area contributed by atoms with Gasteiger partial charge in [0.1, 0.15) is 0 Å². The van der Waals surface area contributed by atoms with Gasteiger partial charge in [0.15, 0.2) is 0 Å². The standard InChI is InChI=1S/C36H73/c1-4-6-8-10-12-14-16-18-19-20-21-23-25-27-29-31-33-35-36(3)34-32-30-28-26-24-22-17-15-13-11-9-7-5-2/h35-36H,4-34H2,1-3H3. The lowest BCUT2D eigenvalue weighted by Gasteiger charge is -2.11. The van der Waals surface area contributed by atoms with Gasteiger partial charge in [-0.25, -0.2) is 0 Å². The zero-order valence-corrected chi connectivity index (χ0v) is 26.1. The molecule has 1 unspecified atom stereocenters. The maximum absolute atomic E-state index is 2.63. The molecule has 0 fully saturated rings. The minimum Gasteiger partial charge on any atom is -0.0654 e. The van der Waals surface area contributed by atoms with E-state index in [9.17, 15) is 0 Å². The molecule has 0 spiro atoms. The molecule has 0 aromatic carbocycles. The Hall–Kier alpha value is 0. The van der Waals surface area contributed by atoms with Crippen LogP contribution < -0.4 is 0 Å². The van der Waals surface area contributed by atoms with Gasteiger partial charge in [0.2, 0.25) is 0 Å². The van der Waals surface area contributed by atoms with Crippen LogP contribution in [-0.4, -0.2) is 0 Å². The second-order valence-corrected chi connectivity index (χ2v) is 12.3. The highest BCUT2D eigenvalue weighted by atomic mass is 14.1. The average molecular weight is 506 g/mol. The lowest BCUT2D eigenvalue weighted by atomic mass is 9.95. The predicted octanol–water partition coefficient (Wildman–Crippen LogP) is 14.0. The van der Waals surface area contributed by atoms with E-state index >= 15 is 0 Å². The molecule has 0 aromatic heterocycles. The van der Waals surface area contributed by atoms with E-state index in [2.05, 4.69) is 27.2 Å². The fraction of sp³-hybridized carbons (Fsp3) is 0.972. The topological polar surface area (TPSA) is 0 Å². The lowest BCUT2D eigenvalue weighted by Crippen LogP contribution is -1.96. The molecule has 0 bridgehead atoms. The highest BCUT2D eigenvalue weighted by Crippen LogP contribution is 2.19. The van der Waals surface area contributed by atoms with Gasteiger partial charge < -0.3 is 0 Å². The highest BCUT2D eigenvalue weighted by Gasteiger charge is 2.03. The molecule has 0 heteroatoms. The number of hydrogen-bond acceptors (Lipinski definition) is 0. The van der Waals surface area contributed by atoms with Crippen molar-refractivity contribution < 1.29 is 0 Å². The molecule has 0 N–H and O–H groups in total. The Morgan fingerprint density at radius 2 is 0.583 bits per heavy atom. The van der Waals surface area contributed by atoms with E-state index in [0.717, 1.165) is 5.92 Å². The second-order valence-electron chi connectivity index (χ2n) is 12.3. The Kier molecular flexibility index (Phi) is 33.0. The third kappa shape index (κ3) is 32.0. The van der Waals surface area contributed by atoms with Crippen molar-refractivity contribution in [3.63, 3.8) is 0 Å². The van der Waals surface area contributed by atoms with E-state index in [1.807, 2.05) is 0 Å². The minimum atomic E-state index is 0.842. The first kappa shape index (κ1) is 36.0. The van der Waals surface area contributed by atoms with Crippen LogP contribution in [0.3, 0.4) is 0 Å². The Morgan fingerprint density at radius 1 is 0.333 bits per heavy atom. The van der Waals surface area contributed by atoms with Gasteiger partial charge in [0.25, 0.3) is 0 Å². The fourth-order valence-corrected chi connectivity index (χ4v) is 5.70. The quantitative estimate of drug-likeness (QED) is 0.0797. The Morgan fingerprint density at radius 3 is 0.889 bits per heavy atom. The molecule has 0 rings (SSSR count). The van der Waals surface area contributed by atoms with E-state index in [1.54, 1.807) is 0 Å². The summed E-state index contributed by atoms with van der Waals surface area (Å²) >= 11 is 0. The zero-order chi connectivity index (χ0) is 26.2. The van der Waals surface area contributed by atoms with Crippen LogP contribution in [0.25, 0.3) is 0 Å². The first-order valence-corrected chi connectivity index (χ1v) is 17.6. The molecule has 0 aliphatic carbocycles. The van der Waals surface area contributed by atoms with Gasteiger partial charge in [-0.05, 0) is 18.8 Å². The van der Waals surface area contributed by atoms with Crippen LogP contribution in [0.15, 0.2) is 0 Å². The maximum Gasteiger partial charge on any atom is -0.0358 e. The van der Waals surface area contributed by atoms with Gasteiger partial charge >= 0.3 is 0 Å². The van der Waals surface area contributed by atoms with Crippen molar-refractivity contribution in [3.05, 3.63) is 6.42 Å². The summed E-state index contributed by atoms with van der Waals surface area (Å²) in [6, 6.07) is 0. The fourth-order valence-electron chi connectivity index (χ4n) is 5.70. The van der Waals surface area contributed by atoms with Crippen molar-refractivity contribution in [2.45, 2.75) is 220 Å². The van der Waals surface area contributed by atoms with Gasteiger partial charge in [0.05, 0.1) is 0 Å². The van der Waals surface area contributed by atoms with Crippen LogP contribution in [0.4, 0.5) is 0 Å². The van der Waals surface area contributed by atoms with Gasteiger partial charge in [-0.1, -0.05) is 213 Å². The van der Waals surface area contributed by atoms with Crippen LogP contribution in [0.2, 0.25) is 0 Å². The second kappa shape index (κ2) is 33.0. The van der Waals surface area contributed by atoms with Crippen molar-refractivity contribution in [1.29, 1.82) is 0 Å². The molecule has 0 aliphatic rings. The molecule has 0 aliphatic heterocycles. The van der Waals surface area contributed by atoms with Gasteiger partial charge in [-0.2, -0.15) is 0 Å². The molecule has 0 aromatic rings. The molecule has 1 radical (unpaired) electrons. The molecule has 0 heterocycles. The smallest absolute Gasteiger partial charge is 0.0358 e. The van der Waals surface area contributed by atoms with Crippen LogP contribution in [-0.2, 0) is 0 Å². The summed E-state index contributed by atoms with van der Waals surface area (Å²) in [5.41, 5.74) is 0. The summed E-state index contributed by atoms with van der Waals surface area (Å²) in [5.74, 6) is 0.842. The normalized spacial score (nSPS) is 12.4. The molecule has 0 saturated carbocycles. The Balaban J connectivity index is 3.13. The predicted molar refractivity (Wildman–Crippen MR) is 168 cm³/mol. The number of unbranched alkanes of at least 4 members (excludes halogenated alkanes) is 28. The molecule has 0 saturated heterocycles. The van der Waals surface area contributed by atoms with Crippen LogP contribution in [0, 0.1) is 12.3 Å². The zero-order valence-electron chi connectivity index (χ0n) is 26.1. The van der Waals surface area contributed by atoms with Crippen LogP contribution in [0.5, 0.6) is 0 Å². The number of rotatable bonds is 32. The van der Waals surface area contributed by atoms with Crippen molar-refractivity contribution in [2.75, 3.05) is 0 Å². The van der Waals surface area contributed by atoms with Gasteiger partial charge in [-0.3, -0.25) is 0 Å². The van der Waals surface area contributed by atoms with E-state index in [4.69, 9.17) is 0 Å². The van der Waals surface area contributed by atoms with Crippen molar-refractivity contribution >= 4 is 0 Å². The lowest BCUT2D eigenvalue weighted by molar-refractivity contribution is 0.495. The molecule has 1 atom stereocenters. The molecule has 0 amide bonds. The molecular formula is C36H73. The van der Waals surface area contributed by atoms with Crippen LogP contribution in [0.1, 0.15) is 220 Å². The Labute approximate surface area is 232 Å². The maximum atomic E-state index is 2.63. The largest absolute Gasteiger partial charge is 0.0654 e. The van der Waals surface area contributed by atoms with Crippen LogP contribution >= 0.6 is 0 Å². The van der Waals surface area contributed by atoms with Crippen molar-refractivity contribution in [1.82, 2.24) is 0 Å². The molecule has 217 valence electrons. The summed E-state index contributed by atoms with van der Waals surface area (Å²) in [6.07, 6.45) is 47.9. The molecule has 36 heavy (non-hydrogen) atoms. The first-order chi connectivity index (χ1) is 17.8. The van der Waals surface area contributed by atoms with E-state index in [1.165, 1.54) is 199 Å². The summed E-state index contributed by atoms with van der Waals surface area (Å²) in [6.45, 7) is 7.07. The average Bonchev–Trinajstić information content (AvgIpc) is 2.88. The summed E-state index contributed by atoms with van der Waals surface area (Å²) in [4.78, 5) is 0. The number of hydrogen-bond donors (Lipinski definition) is 0.